The van der Waals surface area contributed by atoms with Crippen LogP contribution in [0.3, 0.4) is 0 Å². The van der Waals surface area contributed by atoms with Crippen LogP contribution in [-0.4, -0.2) is 50.5 Å². The van der Waals surface area contributed by atoms with Crippen molar-refractivity contribution < 1.29 is 18.0 Å². The Morgan fingerprint density at radius 2 is 1.82 bits per heavy atom. The normalized spacial score (nSPS) is 12.2. The number of anilines is 1. The van der Waals surface area contributed by atoms with Gasteiger partial charge in [-0.2, -0.15) is 0 Å². The number of unbranched alkanes of at least 4 members (excludes halogenated alkanes) is 1. The van der Waals surface area contributed by atoms with E-state index in [2.05, 4.69) is 21.2 Å². The van der Waals surface area contributed by atoms with Crippen molar-refractivity contribution in [3.63, 3.8) is 0 Å². The van der Waals surface area contributed by atoms with Crippen LogP contribution in [0, 0.1) is 0 Å². The van der Waals surface area contributed by atoms with Gasteiger partial charge in [-0.3, -0.25) is 13.9 Å². The monoisotopic (exact) mass is 557 g/mol. The maximum absolute atomic E-state index is 13.4. The fourth-order valence-corrected chi connectivity index (χ4v) is 4.50. The summed E-state index contributed by atoms with van der Waals surface area (Å²) in [7, 11) is -3.76. The summed E-state index contributed by atoms with van der Waals surface area (Å²) in [6.07, 6.45) is 2.80. The SMILES string of the molecule is CCCCNC(=O)C(C)N(Cc1ccc(Cl)cc1)C(=O)CN(c1cccc(Br)c1)S(C)(=O)=O. The maximum atomic E-state index is 13.4. The first kappa shape index (κ1) is 27.1. The maximum Gasteiger partial charge on any atom is 0.244 e. The molecule has 0 aliphatic rings. The van der Waals surface area contributed by atoms with E-state index in [-0.39, 0.29) is 12.5 Å². The molecule has 33 heavy (non-hydrogen) atoms. The molecule has 2 aromatic rings. The first-order valence-electron chi connectivity index (χ1n) is 10.6. The Morgan fingerprint density at radius 3 is 2.39 bits per heavy atom. The van der Waals surface area contributed by atoms with Crippen LogP contribution in [0.15, 0.2) is 53.0 Å². The Morgan fingerprint density at radius 1 is 1.15 bits per heavy atom. The zero-order valence-electron chi connectivity index (χ0n) is 18.9. The highest BCUT2D eigenvalue weighted by molar-refractivity contribution is 9.10. The van der Waals surface area contributed by atoms with Crippen molar-refractivity contribution in [2.75, 3.05) is 23.7 Å². The minimum Gasteiger partial charge on any atom is -0.354 e. The molecule has 0 heterocycles. The average molecular weight is 559 g/mol. The molecule has 0 bridgehead atoms. The lowest BCUT2D eigenvalue weighted by Gasteiger charge is -2.31. The van der Waals surface area contributed by atoms with Crippen LogP contribution in [0.4, 0.5) is 5.69 Å². The van der Waals surface area contributed by atoms with E-state index >= 15 is 0 Å². The van der Waals surface area contributed by atoms with Crippen LogP contribution in [-0.2, 0) is 26.2 Å². The van der Waals surface area contributed by atoms with E-state index in [1.54, 1.807) is 55.5 Å². The number of carbonyl (C=O) groups excluding carboxylic acids is 2. The molecule has 0 aromatic heterocycles. The van der Waals surface area contributed by atoms with Crippen molar-refractivity contribution in [2.45, 2.75) is 39.3 Å². The summed E-state index contributed by atoms with van der Waals surface area (Å²) in [6.45, 7) is 3.87. The number of rotatable bonds is 11. The molecule has 1 unspecified atom stereocenters. The molecule has 0 fully saturated rings. The number of nitrogens with one attached hydrogen (secondary N) is 1. The highest BCUT2D eigenvalue weighted by Crippen LogP contribution is 2.23. The molecule has 0 saturated heterocycles. The third-order valence-electron chi connectivity index (χ3n) is 5.04. The first-order valence-corrected chi connectivity index (χ1v) is 13.6. The fourth-order valence-electron chi connectivity index (χ4n) is 3.15. The number of carbonyl (C=O) groups is 2. The van der Waals surface area contributed by atoms with Crippen LogP contribution in [0.5, 0.6) is 0 Å². The summed E-state index contributed by atoms with van der Waals surface area (Å²) in [6, 6.07) is 12.8. The topological polar surface area (TPSA) is 86.8 Å². The van der Waals surface area contributed by atoms with Crippen molar-refractivity contribution in [3.05, 3.63) is 63.6 Å². The average Bonchev–Trinajstić information content (AvgIpc) is 2.75. The lowest BCUT2D eigenvalue weighted by molar-refractivity contribution is -0.139. The minimum absolute atomic E-state index is 0.133. The Kier molecular flexibility index (Phi) is 10.2. The molecule has 1 N–H and O–H groups in total. The molecule has 0 radical (unpaired) electrons. The summed E-state index contributed by atoms with van der Waals surface area (Å²) >= 11 is 9.31. The zero-order valence-corrected chi connectivity index (χ0v) is 22.1. The van der Waals surface area contributed by atoms with Gasteiger partial charge in [0, 0.05) is 22.6 Å². The summed E-state index contributed by atoms with van der Waals surface area (Å²) in [4.78, 5) is 27.5. The van der Waals surface area contributed by atoms with Crippen LogP contribution in [0.2, 0.25) is 5.02 Å². The summed E-state index contributed by atoms with van der Waals surface area (Å²) in [5, 5.41) is 3.40. The molecule has 2 rings (SSSR count). The summed E-state index contributed by atoms with van der Waals surface area (Å²) in [5.41, 5.74) is 1.13. The van der Waals surface area contributed by atoms with E-state index in [4.69, 9.17) is 11.6 Å². The van der Waals surface area contributed by atoms with Gasteiger partial charge in [0.2, 0.25) is 21.8 Å². The number of hydrogen-bond donors (Lipinski definition) is 1. The molecule has 0 aliphatic heterocycles. The van der Waals surface area contributed by atoms with Crippen LogP contribution >= 0.6 is 27.5 Å². The van der Waals surface area contributed by atoms with Gasteiger partial charge in [-0.05, 0) is 49.2 Å². The predicted octanol–water partition coefficient (Wildman–Crippen LogP) is 4.20. The second-order valence-corrected chi connectivity index (χ2v) is 11.0. The van der Waals surface area contributed by atoms with Crippen LogP contribution in [0.25, 0.3) is 0 Å². The minimum atomic E-state index is -3.76. The number of sulfonamides is 1. The van der Waals surface area contributed by atoms with Crippen LogP contribution < -0.4 is 9.62 Å². The van der Waals surface area contributed by atoms with Gasteiger partial charge in [-0.25, -0.2) is 8.42 Å². The third-order valence-corrected chi connectivity index (χ3v) is 6.92. The Hall–Kier alpha value is -2.10. The molecule has 0 aliphatic carbocycles. The molecule has 10 heteroatoms. The van der Waals surface area contributed by atoms with E-state index in [1.807, 2.05) is 6.92 Å². The van der Waals surface area contributed by atoms with Gasteiger partial charge >= 0.3 is 0 Å². The molecule has 2 aromatic carbocycles. The summed E-state index contributed by atoms with van der Waals surface area (Å²) < 4.78 is 26.8. The fraction of sp³-hybridized carbons (Fsp3) is 0.391. The molecule has 1 atom stereocenters. The second kappa shape index (κ2) is 12.4. The second-order valence-electron chi connectivity index (χ2n) is 7.72. The van der Waals surface area contributed by atoms with Crippen LogP contribution in [0.1, 0.15) is 32.3 Å². The van der Waals surface area contributed by atoms with Gasteiger partial charge < -0.3 is 10.2 Å². The highest BCUT2D eigenvalue weighted by Gasteiger charge is 2.30. The lowest BCUT2D eigenvalue weighted by atomic mass is 10.1. The predicted molar refractivity (Wildman–Crippen MR) is 136 cm³/mol. The van der Waals surface area contributed by atoms with Gasteiger partial charge in [0.05, 0.1) is 11.9 Å². The number of amides is 2. The smallest absolute Gasteiger partial charge is 0.244 e. The standard InChI is InChI=1S/C23H29BrClN3O4S/c1-4-5-13-26-23(30)17(2)27(15-18-9-11-20(25)12-10-18)22(29)16-28(33(3,31)32)21-8-6-7-19(24)14-21/h6-12,14,17H,4-5,13,15-16H2,1-3H3,(H,26,30). The van der Waals surface area contributed by atoms with Crippen molar-refractivity contribution in [3.8, 4) is 0 Å². The molecular weight excluding hydrogens is 530 g/mol. The van der Waals surface area contributed by atoms with Crippen molar-refractivity contribution >= 4 is 55.1 Å². The number of nitrogens with zero attached hydrogens (tertiary/aromatic N) is 2. The van der Waals surface area contributed by atoms with E-state index in [1.165, 1.54) is 4.90 Å². The Labute approximate surface area is 209 Å². The molecule has 180 valence electrons. The van der Waals surface area contributed by atoms with E-state index in [9.17, 15) is 18.0 Å². The third kappa shape index (κ3) is 8.32. The largest absolute Gasteiger partial charge is 0.354 e. The van der Waals surface area contributed by atoms with Crippen molar-refractivity contribution in [1.29, 1.82) is 0 Å². The Bertz CT molecular complexity index is 1060. The molecule has 7 nitrogen and oxygen atoms in total. The van der Waals surface area contributed by atoms with E-state index in [0.717, 1.165) is 29.0 Å². The summed E-state index contributed by atoms with van der Waals surface area (Å²) in [5.74, 6) is -0.785. The first-order chi connectivity index (χ1) is 15.5. The van der Waals surface area contributed by atoms with E-state index in [0.29, 0.717) is 21.7 Å². The van der Waals surface area contributed by atoms with Crippen molar-refractivity contribution in [1.82, 2.24) is 10.2 Å². The quantitative estimate of drug-likeness (QED) is 0.419. The molecule has 0 spiro atoms. The number of halogens is 2. The number of hydrogen-bond acceptors (Lipinski definition) is 4. The lowest BCUT2D eigenvalue weighted by Crippen LogP contribution is -2.51. The van der Waals surface area contributed by atoms with Gasteiger partial charge in [-0.1, -0.05) is 59.1 Å². The molecular formula is C23H29BrClN3O4S. The molecule has 2 amide bonds. The zero-order chi connectivity index (χ0) is 24.6. The molecule has 0 saturated carbocycles. The van der Waals surface area contributed by atoms with Crippen molar-refractivity contribution in [2.24, 2.45) is 0 Å². The van der Waals surface area contributed by atoms with Gasteiger partial charge in [0.1, 0.15) is 12.6 Å². The highest BCUT2D eigenvalue weighted by atomic mass is 79.9. The van der Waals surface area contributed by atoms with Gasteiger partial charge in [0.25, 0.3) is 0 Å². The van der Waals surface area contributed by atoms with Gasteiger partial charge in [-0.15, -0.1) is 0 Å². The van der Waals surface area contributed by atoms with E-state index < -0.39 is 28.5 Å². The van der Waals surface area contributed by atoms with Gasteiger partial charge in [0.15, 0.2) is 0 Å². The number of benzene rings is 2. The Balaban J connectivity index is 2.33.